The molecule has 1 aromatic carbocycles. The van der Waals surface area contributed by atoms with Crippen molar-refractivity contribution in [3.63, 3.8) is 0 Å². The number of benzene rings is 1. The molecule has 0 fully saturated rings. The van der Waals surface area contributed by atoms with Crippen LogP contribution < -0.4 is 5.32 Å². The fourth-order valence-corrected chi connectivity index (χ4v) is 1.90. The maximum absolute atomic E-state index is 12.8. The van der Waals surface area contributed by atoms with E-state index in [0.717, 1.165) is 6.07 Å². The Labute approximate surface area is 99.9 Å². The second kappa shape index (κ2) is 4.59. The van der Waals surface area contributed by atoms with Crippen molar-refractivity contribution in [2.45, 2.75) is 0 Å². The summed E-state index contributed by atoms with van der Waals surface area (Å²) in [6.07, 6.45) is 1.58. The van der Waals surface area contributed by atoms with E-state index in [0.29, 0.717) is 5.13 Å². The number of halogens is 2. The Morgan fingerprint density at radius 2 is 2.31 bits per heavy atom. The van der Waals surface area contributed by atoms with Gasteiger partial charge in [-0.15, -0.1) is 11.3 Å². The maximum atomic E-state index is 12.8. The van der Waals surface area contributed by atoms with Gasteiger partial charge in [0, 0.05) is 11.6 Å². The Morgan fingerprint density at radius 3 is 2.94 bits per heavy atom. The number of nitrogens with one attached hydrogen (secondary N) is 1. The van der Waals surface area contributed by atoms with Gasteiger partial charge in [-0.25, -0.2) is 9.37 Å². The van der Waals surface area contributed by atoms with Crippen LogP contribution in [0.15, 0.2) is 29.8 Å². The first-order chi connectivity index (χ1) is 7.66. The zero-order valence-corrected chi connectivity index (χ0v) is 9.48. The Hall–Kier alpha value is -1.46. The van der Waals surface area contributed by atoms with Crippen LogP contribution in [0, 0.1) is 5.82 Å². The van der Waals surface area contributed by atoms with Gasteiger partial charge in [-0.05, 0) is 18.2 Å². The molecule has 1 N–H and O–H groups in total. The number of carbonyl (C=O) groups is 1. The zero-order chi connectivity index (χ0) is 11.5. The van der Waals surface area contributed by atoms with E-state index in [-0.39, 0.29) is 10.6 Å². The van der Waals surface area contributed by atoms with Gasteiger partial charge in [0.15, 0.2) is 5.13 Å². The summed E-state index contributed by atoms with van der Waals surface area (Å²) in [5.74, 6) is -0.879. The molecule has 6 heteroatoms. The number of rotatable bonds is 2. The largest absolute Gasteiger partial charge is 0.298 e. The first-order valence-corrected chi connectivity index (χ1v) is 5.58. The fraction of sp³-hybridized carbons (Fsp3) is 0. The molecule has 82 valence electrons. The summed E-state index contributed by atoms with van der Waals surface area (Å²) in [7, 11) is 0. The average molecular weight is 257 g/mol. The van der Waals surface area contributed by atoms with Gasteiger partial charge in [0.2, 0.25) is 0 Å². The van der Waals surface area contributed by atoms with E-state index in [2.05, 4.69) is 10.3 Å². The van der Waals surface area contributed by atoms with Crippen LogP contribution in [0.2, 0.25) is 5.02 Å². The van der Waals surface area contributed by atoms with Gasteiger partial charge in [0.05, 0.1) is 10.6 Å². The molecule has 2 rings (SSSR count). The molecule has 3 nitrogen and oxygen atoms in total. The smallest absolute Gasteiger partial charge is 0.258 e. The normalized spacial score (nSPS) is 10.1. The number of amides is 1. The first-order valence-electron chi connectivity index (χ1n) is 4.33. The standard InChI is InChI=1S/C10H6ClFN2OS/c11-8-5-6(12)1-2-7(8)9(15)14-10-13-3-4-16-10/h1-5H,(H,13,14,15). The summed E-state index contributed by atoms with van der Waals surface area (Å²) < 4.78 is 12.8. The van der Waals surface area contributed by atoms with Crippen molar-refractivity contribution in [3.05, 3.63) is 46.2 Å². The fourth-order valence-electron chi connectivity index (χ4n) is 1.12. The molecule has 0 saturated carbocycles. The Kier molecular flexibility index (Phi) is 3.17. The van der Waals surface area contributed by atoms with E-state index in [1.807, 2.05) is 0 Å². The molecule has 0 saturated heterocycles. The van der Waals surface area contributed by atoms with Crippen molar-refractivity contribution >= 4 is 34.0 Å². The van der Waals surface area contributed by atoms with Crippen LogP contribution in [0.5, 0.6) is 0 Å². The number of carbonyl (C=O) groups excluding carboxylic acids is 1. The van der Waals surface area contributed by atoms with Crippen molar-refractivity contribution in [1.82, 2.24) is 4.98 Å². The first kappa shape index (κ1) is 11.0. The van der Waals surface area contributed by atoms with Crippen molar-refractivity contribution in [2.75, 3.05) is 5.32 Å². The quantitative estimate of drug-likeness (QED) is 0.897. The van der Waals surface area contributed by atoms with Crippen LogP contribution in [0.4, 0.5) is 9.52 Å². The SMILES string of the molecule is O=C(Nc1nccs1)c1ccc(F)cc1Cl. The van der Waals surface area contributed by atoms with Crippen molar-refractivity contribution in [2.24, 2.45) is 0 Å². The van der Waals surface area contributed by atoms with E-state index < -0.39 is 11.7 Å². The highest BCUT2D eigenvalue weighted by Gasteiger charge is 2.11. The molecule has 1 aromatic heterocycles. The van der Waals surface area contributed by atoms with Gasteiger partial charge < -0.3 is 0 Å². The minimum absolute atomic E-state index is 0.0778. The summed E-state index contributed by atoms with van der Waals surface area (Å²) in [5, 5.41) is 4.85. The number of nitrogens with zero attached hydrogens (tertiary/aromatic N) is 1. The van der Waals surface area contributed by atoms with Gasteiger partial charge in [-0.2, -0.15) is 0 Å². The number of anilines is 1. The zero-order valence-electron chi connectivity index (χ0n) is 7.91. The van der Waals surface area contributed by atoms with E-state index in [1.165, 1.54) is 23.5 Å². The van der Waals surface area contributed by atoms with E-state index in [9.17, 15) is 9.18 Å². The minimum atomic E-state index is -0.476. The molecule has 0 aliphatic carbocycles. The summed E-state index contributed by atoms with van der Waals surface area (Å²) >= 11 is 7.04. The number of hydrogen-bond acceptors (Lipinski definition) is 3. The predicted octanol–water partition coefficient (Wildman–Crippen LogP) is 3.19. The van der Waals surface area contributed by atoms with Crippen LogP contribution in [0.3, 0.4) is 0 Å². The van der Waals surface area contributed by atoms with Gasteiger partial charge in [-0.1, -0.05) is 11.6 Å². The molecule has 16 heavy (non-hydrogen) atoms. The second-order valence-corrected chi connectivity index (χ2v) is 4.22. The lowest BCUT2D eigenvalue weighted by Crippen LogP contribution is -2.12. The molecule has 0 aliphatic heterocycles. The molecule has 0 unspecified atom stereocenters. The summed E-state index contributed by atoms with van der Waals surface area (Å²) in [6, 6.07) is 3.61. The highest BCUT2D eigenvalue weighted by atomic mass is 35.5. The average Bonchev–Trinajstić information content (AvgIpc) is 2.70. The lowest BCUT2D eigenvalue weighted by Gasteiger charge is -2.03. The second-order valence-electron chi connectivity index (χ2n) is 2.92. The molecule has 0 atom stereocenters. The summed E-state index contributed by atoms with van der Waals surface area (Å²) in [6.45, 7) is 0. The molecule has 1 amide bonds. The lowest BCUT2D eigenvalue weighted by molar-refractivity contribution is 0.102. The Balaban J connectivity index is 2.21. The van der Waals surface area contributed by atoms with Crippen molar-refractivity contribution in [3.8, 4) is 0 Å². The third-order valence-electron chi connectivity index (χ3n) is 1.83. The third kappa shape index (κ3) is 2.37. The van der Waals surface area contributed by atoms with Crippen LogP contribution in [-0.2, 0) is 0 Å². The highest BCUT2D eigenvalue weighted by molar-refractivity contribution is 7.13. The topological polar surface area (TPSA) is 42.0 Å². The van der Waals surface area contributed by atoms with Crippen LogP contribution in [-0.4, -0.2) is 10.9 Å². The van der Waals surface area contributed by atoms with Crippen LogP contribution >= 0.6 is 22.9 Å². The monoisotopic (exact) mass is 256 g/mol. The minimum Gasteiger partial charge on any atom is -0.298 e. The number of aromatic nitrogens is 1. The van der Waals surface area contributed by atoms with Gasteiger partial charge in [-0.3, -0.25) is 10.1 Å². The molecular weight excluding hydrogens is 251 g/mol. The van der Waals surface area contributed by atoms with Gasteiger partial charge in [0.1, 0.15) is 5.82 Å². The highest BCUT2D eigenvalue weighted by Crippen LogP contribution is 2.19. The van der Waals surface area contributed by atoms with E-state index >= 15 is 0 Å². The van der Waals surface area contributed by atoms with Crippen LogP contribution in [0.1, 0.15) is 10.4 Å². The number of hydrogen-bond donors (Lipinski definition) is 1. The predicted molar refractivity (Wildman–Crippen MR) is 61.5 cm³/mol. The summed E-state index contributed by atoms with van der Waals surface area (Å²) in [5.41, 5.74) is 0.221. The molecule has 2 aromatic rings. The molecule has 0 radical (unpaired) electrons. The lowest BCUT2D eigenvalue weighted by atomic mass is 10.2. The molecule has 0 aliphatic rings. The number of thiazole rings is 1. The van der Waals surface area contributed by atoms with Gasteiger partial charge >= 0.3 is 0 Å². The molecular formula is C10H6ClFN2OS. The van der Waals surface area contributed by atoms with Crippen molar-refractivity contribution in [1.29, 1.82) is 0 Å². The maximum Gasteiger partial charge on any atom is 0.258 e. The Bertz CT molecular complexity index is 516. The van der Waals surface area contributed by atoms with E-state index in [1.54, 1.807) is 11.6 Å². The summed E-state index contributed by atoms with van der Waals surface area (Å²) in [4.78, 5) is 15.6. The third-order valence-corrected chi connectivity index (χ3v) is 2.83. The van der Waals surface area contributed by atoms with Gasteiger partial charge in [0.25, 0.3) is 5.91 Å². The van der Waals surface area contributed by atoms with Crippen LogP contribution in [0.25, 0.3) is 0 Å². The molecule has 0 spiro atoms. The molecule has 1 heterocycles. The molecule has 0 bridgehead atoms. The Morgan fingerprint density at radius 1 is 1.50 bits per heavy atom. The van der Waals surface area contributed by atoms with Crippen molar-refractivity contribution < 1.29 is 9.18 Å². The van der Waals surface area contributed by atoms with E-state index in [4.69, 9.17) is 11.6 Å².